The number of rotatable bonds is 4. The Morgan fingerprint density at radius 1 is 1.15 bits per heavy atom. The summed E-state index contributed by atoms with van der Waals surface area (Å²) in [5, 5.41) is 5.84. The summed E-state index contributed by atoms with van der Waals surface area (Å²) < 4.78 is 0. The third kappa shape index (κ3) is 3.15. The zero-order valence-electron chi connectivity index (χ0n) is 12.0. The number of pyridine rings is 1. The molecule has 3 rings (SSSR count). The quantitative estimate of drug-likeness (QED) is 0.919. The Balaban J connectivity index is 1.63. The van der Waals surface area contributed by atoms with E-state index in [0.717, 1.165) is 17.3 Å². The lowest BCUT2D eigenvalue weighted by molar-refractivity contribution is 0.379. The van der Waals surface area contributed by atoms with Crippen molar-refractivity contribution in [2.75, 3.05) is 6.26 Å². The highest BCUT2D eigenvalue weighted by atomic mass is 32.2. The maximum absolute atomic E-state index is 4.53. The van der Waals surface area contributed by atoms with Crippen LogP contribution in [0.5, 0.6) is 0 Å². The molecule has 1 fully saturated rings. The Hall–Kier alpha value is -1.06. The fraction of sp³-hybridized carbons (Fsp3) is 0.471. The molecule has 1 N–H and O–H groups in total. The summed E-state index contributed by atoms with van der Waals surface area (Å²) in [7, 11) is 0. The van der Waals surface area contributed by atoms with Crippen molar-refractivity contribution in [3.8, 4) is 0 Å². The number of aromatic nitrogens is 1. The lowest BCUT2D eigenvalue weighted by atomic mass is 9.94. The van der Waals surface area contributed by atoms with Gasteiger partial charge in [-0.1, -0.05) is 24.3 Å². The van der Waals surface area contributed by atoms with Crippen LogP contribution in [-0.2, 0) is 6.54 Å². The molecule has 1 aliphatic carbocycles. The van der Waals surface area contributed by atoms with E-state index in [4.69, 9.17) is 0 Å². The molecule has 0 radical (unpaired) electrons. The van der Waals surface area contributed by atoms with Gasteiger partial charge in [0.1, 0.15) is 0 Å². The van der Waals surface area contributed by atoms with Gasteiger partial charge < -0.3 is 5.32 Å². The van der Waals surface area contributed by atoms with E-state index in [1.165, 1.54) is 36.6 Å². The van der Waals surface area contributed by atoms with Crippen molar-refractivity contribution in [1.82, 2.24) is 10.3 Å². The minimum atomic E-state index is 0.678. The standard InChI is InChI=1S/C17H22N2S/c1-20-16-9-7-15(8-10-16)19-12-14-5-2-4-13-6-3-11-18-17(13)14/h2-6,11,15-16,19H,7-10,12H2,1H3. The van der Waals surface area contributed by atoms with Crippen LogP contribution in [0.1, 0.15) is 31.2 Å². The Labute approximate surface area is 125 Å². The molecule has 2 aromatic rings. The second-order valence-corrected chi connectivity index (χ2v) is 6.72. The first-order valence-corrected chi connectivity index (χ1v) is 8.74. The third-order valence-corrected chi connectivity index (χ3v) is 5.44. The maximum atomic E-state index is 4.53. The first kappa shape index (κ1) is 13.9. The number of thioether (sulfide) groups is 1. The molecule has 20 heavy (non-hydrogen) atoms. The van der Waals surface area contributed by atoms with Crippen molar-refractivity contribution < 1.29 is 0 Å². The summed E-state index contributed by atoms with van der Waals surface area (Å²) in [6.45, 7) is 0.933. The number of hydrogen-bond donors (Lipinski definition) is 1. The number of hydrogen-bond acceptors (Lipinski definition) is 3. The van der Waals surface area contributed by atoms with Gasteiger partial charge in [-0.3, -0.25) is 4.98 Å². The molecule has 0 bridgehead atoms. The predicted molar refractivity (Wildman–Crippen MR) is 88.1 cm³/mol. The number of nitrogens with one attached hydrogen (secondary N) is 1. The van der Waals surface area contributed by atoms with E-state index in [1.54, 1.807) is 0 Å². The summed E-state index contributed by atoms with van der Waals surface area (Å²) in [5.74, 6) is 0. The smallest absolute Gasteiger partial charge is 0.0746 e. The molecule has 2 nitrogen and oxygen atoms in total. The van der Waals surface area contributed by atoms with E-state index >= 15 is 0 Å². The van der Waals surface area contributed by atoms with Crippen LogP contribution in [0, 0.1) is 0 Å². The van der Waals surface area contributed by atoms with Crippen LogP contribution in [0.2, 0.25) is 0 Å². The summed E-state index contributed by atoms with van der Waals surface area (Å²) in [5.41, 5.74) is 2.45. The van der Waals surface area contributed by atoms with Gasteiger partial charge in [0.05, 0.1) is 5.52 Å². The topological polar surface area (TPSA) is 24.9 Å². The van der Waals surface area contributed by atoms with E-state index in [-0.39, 0.29) is 0 Å². The molecule has 0 amide bonds. The number of para-hydroxylation sites is 1. The van der Waals surface area contributed by atoms with E-state index in [1.807, 2.05) is 24.0 Å². The minimum absolute atomic E-state index is 0.678. The van der Waals surface area contributed by atoms with Crippen molar-refractivity contribution >= 4 is 22.7 Å². The van der Waals surface area contributed by atoms with Crippen LogP contribution in [0.15, 0.2) is 36.5 Å². The molecule has 106 valence electrons. The van der Waals surface area contributed by atoms with Crippen molar-refractivity contribution in [1.29, 1.82) is 0 Å². The molecule has 1 aromatic heterocycles. The Morgan fingerprint density at radius 3 is 2.75 bits per heavy atom. The zero-order valence-corrected chi connectivity index (χ0v) is 12.8. The van der Waals surface area contributed by atoms with E-state index in [2.05, 4.69) is 40.8 Å². The SMILES string of the molecule is CSC1CCC(NCc2cccc3cccnc23)CC1. The molecule has 3 heteroatoms. The van der Waals surface area contributed by atoms with E-state index in [0.29, 0.717) is 6.04 Å². The van der Waals surface area contributed by atoms with E-state index in [9.17, 15) is 0 Å². The Kier molecular flexibility index (Phi) is 4.58. The fourth-order valence-electron chi connectivity index (χ4n) is 3.07. The molecule has 0 unspecified atom stereocenters. The minimum Gasteiger partial charge on any atom is -0.310 e. The summed E-state index contributed by atoms with van der Waals surface area (Å²) in [4.78, 5) is 4.53. The first-order chi connectivity index (χ1) is 9.86. The maximum Gasteiger partial charge on any atom is 0.0746 e. The van der Waals surface area contributed by atoms with E-state index < -0.39 is 0 Å². The van der Waals surface area contributed by atoms with Gasteiger partial charge in [0.25, 0.3) is 0 Å². The molecule has 1 saturated carbocycles. The molecular formula is C17H22N2S. The van der Waals surface area contributed by atoms with Gasteiger partial charge >= 0.3 is 0 Å². The normalized spacial score (nSPS) is 23.1. The first-order valence-electron chi connectivity index (χ1n) is 7.45. The molecule has 1 aromatic carbocycles. The zero-order chi connectivity index (χ0) is 13.8. The second-order valence-electron chi connectivity index (χ2n) is 5.58. The molecule has 0 spiro atoms. The number of nitrogens with zero attached hydrogens (tertiary/aromatic N) is 1. The van der Waals surface area contributed by atoms with Gasteiger partial charge in [-0.2, -0.15) is 11.8 Å². The monoisotopic (exact) mass is 286 g/mol. The van der Waals surface area contributed by atoms with Crippen LogP contribution >= 0.6 is 11.8 Å². The van der Waals surface area contributed by atoms with Crippen LogP contribution < -0.4 is 5.32 Å². The average molecular weight is 286 g/mol. The predicted octanol–water partition coefficient (Wildman–Crippen LogP) is 4.00. The lowest BCUT2D eigenvalue weighted by Gasteiger charge is -2.28. The molecule has 1 aliphatic rings. The summed E-state index contributed by atoms with van der Waals surface area (Å²) >= 11 is 2.03. The van der Waals surface area contributed by atoms with Crippen molar-refractivity contribution in [2.24, 2.45) is 0 Å². The summed E-state index contributed by atoms with van der Waals surface area (Å²) in [6, 6.07) is 11.3. The largest absolute Gasteiger partial charge is 0.310 e. The fourth-order valence-corrected chi connectivity index (χ4v) is 3.81. The second kappa shape index (κ2) is 6.59. The molecular weight excluding hydrogens is 264 g/mol. The van der Waals surface area contributed by atoms with Gasteiger partial charge in [0.2, 0.25) is 0 Å². The summed E-state index contributed by atoms with van der Waals surface area (Å²) in [6.07, 6.45) is 9.45. The van der Waals surface area contributed by atoms with Gasteiger partial charge in [0, 0.05) is 29.4 Å². The molecule has 0 atom stereocenters. The van der Waals surface area contributed by atoms with Gasteiger partial charge in [-0.15, -0.1) is 0 Å². The highest BCUT2D eigenvalue weighted by molar-refractivity contribution is 7.99. The van der Waals surface area contributed by atoms with Crippen molar-refractivity contribution in [3.05, 3.63) is 42.1 Å². The van der Waals surface area contributed by atoms with Gasteiger partial charge in [-0.25, -0.2) is 0 Å². The van der Waals surface area contributed by atoms with Crippen molar-refractivity contribution in [3.63, 3.8) is 0 Å². The molecule has 0 saturated heterocycles. The Bertz CT molecular complexity index is 556. The van der Waals surface area contributed by atoms with Crippen LogP contribution in [-0.4, -0.2) is 22.5 Å². The van der Waals surface area contributed by atoms with Crippen LogP contribution in [0.4, 0.5) is 0 Å². The Morgan fingerprint density at radius 2 is 1.95 bits per heavy atom. The van der Waals surface area contributed by atoms with Gasteiger partial charge in [-0.05, 0) is 43.6 Å². The van der Waals surface area contributed by atoms with Crippen molar-refractivity contribution in [2.45, 2.75) is 43.5 Å². The average Bonchev–Trinajstić information content (AvgIpc) is 2.53. The van der Waals surface area contributed by atoms with Crippen LogP contribution in [0.25, 0.3) is 10.9 Å². The van der Waals surface area contributed by atoms with Crippen LogP contribution in [0.3, 0.4) is 0 Å². The number of fused-ring (bicyclic) bond motifs is 1. The van der Waals surface area contributed by atoms with Gasteiger partial charge in [0.15, 0.2) is 0 Å². The highest BCUT2D eigenvalue weighted by Gasteiger charge is 2.19. The number of benzene rings is 1. The lowest BCUT2D eigenvalue weighted by Crippen LogP contribution is -2.33. The molecule has 0 aliphatic heterocycles. The highest BCUT2D eigenvalue weighted by Crippen LogP contribution is 2.27. The molecule has 1 heterocycles. The third-order valence-electron chi connectivity index (χ3n) is 4.31.